The average molecular weight is 218 g/mol. The summed E-state index contributed by atoms with van der Waals surface area (Å²) in [5.41, 5.74) is 0.292. The van der Waals surface area contributed by atoms with E-state index >= 15 is 0 Å². The number of terminal acetylenes is 1. The highest BCUT2D eigenvalue weighted by Gasteiger charge is 2.06. The van der Waals surface area contributed by atoms with E-state index in [0.717, 1.165) is 0 Å². The molecule has 0 spiro atoms. The van der Waals surface area contributed by atoms with Gasteiger partial charge in [0.25, 0.3) is 5.91 Å². The van der Waals surface area contributed by atoms with Crippen LogP contribution in [0.15, 0.2) is 12.1 Å². The molecule has 5 nitrogen and oxygen atoms in total. The van der Waals surface area contributed by atoms with Gasteiger partial charge in [0.1, 0.15) is 5.82 Å². The zero-order valence-electron chi connectivity index (χ0n) is 9.32. The second-order valence-electron chi connectivity index (χ2n) is 3.20. The van der Waals surface area contributed by atoms with Gasteiger partial charge in [-0.15, -0.1) is 16.6 Å². The molecule has 1 unspecified atom stereocenters. The van der Waals surface area contributed by atoms with Gasteiger partial charge in [-0.2, -0.15) is 0 Å². The van der Waals surface area contributed by atoms with Crippen molar-refractivity contribution in [2.75, 3.05) is 11.9 Å². The van der Waals surface area contributed by atoms with Gasteiger partial charge < -0.3 is 10.6 Å². The fourth-order valence-corrected chi connectivity index (χ4v) is 1.04. The van der Waals surface area contributed by atoms with Crippen LogP contribution in [0.3, 0.4) is 0 Å². The summed E-state index contributed by atoms with van der Waals surface area (Å²) >= 11 is 0. The number of nitrogens with zero attached hydrogens (tertiary/aromatic N) is 2. The molecule has 0 aliphatic rings. The third-order valence-corrected chi connectivity index (χ3v) is 1.85. The van der Waals surface area contributed by atoms with Crippen LogP contribution >= 0.6 is 0 Å². The van der Waals surface area contributed by atoms with Gasteiger partial charge in [0.15, 0.2) is 5.69 Å². The van der Waals surface area contributed by atoms with Gasteiger partial charge >= 0.3 is 0 Å². The second-order valence-corrected chi connectivity index (χ2v) is 3.20. The first-order valence-corrected chi connectivity index (χ1v) is 5.02. The normalized spacial score (nSPS) is 11.3. The summed E-state index contributed by atoms with van der Waals surface area (Å²) in [7, 11) is 0. The molecule has 0 bridgehead atoms. The van der Waals surface area contributed by atoms with Gasteiger partial charge in [-0.1, -0.05) is 5.92 Å². The van der Waals surface area contributed by atoms with E-state index in [1.54, 1.807) is 12.1 Å². The Balaban J connectivity index is 2.68. The van der Waals surface area contributed by atoms with Crippen LogP contribution in [0.5, 0.6) is 0 Å². The number of carbonyl (C=O) groups excluding carboxylic acids is 1. The highest BCUT2D eigenvalue weighted by molar-refractivity contribution is 5.92. The molecular weight excluding hydrogens is 204 g/mol. The molecule has 84 valence electrons. The largest absolute Gasteiger partial charge is 0.355 e. The molecule has 1 rings (SSSR count). The molecule has 0 saturated heterocycles. The van der Waals surface area contributed by atoms with Gasteiger partial charge in [-0.3, -0.25) is 4.79 Å². The van der Waals surface area contributed by atoms with E-state index in [1.165, 1.54) is 0 Å². The molecule has 1 aromatic rings. The summed E-state index contributed by atoms with van der Waals surface area (Å²) in [5.74, 6) is 2.84. The van der Waals surface area contributed by atoms with Crippen molar-refractivity contribution in [1.82, 2.24) is 15.5 Å². The zero-order valence-corrected chi connectivity index (χ0v) is 9.32. The molecule has 1 aromatic heterocycles. The molecule has 0 aliphatic heterocycles. The van der Waals surface area contributed by atoms with Crippen LogP contribution < -0.4 is 10.6 Å². The maximum Gasteiger partial charge on any atom is 0.271 e. The van der Waals surface area contributed by atoms with Crippen molar-refractivity contribution in [2.24, 2.45) is 0 Å². The Morgan fingerprint density at radius 3 is 2.81 bits per heavy atom. The summed E-state index contributed by atoms with van der Waals surface area (Å²) in [5, 5.41) is 13.2. The summed E-state index contributed by atoms with van der Waals surface area (Å²) in [6.45, 7) is 4.24. The minimum atomic E-state index is -0.230. The molecule has 0 radical (unpaired) electrons. The Morgan fingerprint density at radius 1 is 1.56 bits per heavy atom. The van der Waals surface area contributed by atoms with Gasteiger partial charge in [-0.05, 0) is 26.0 Å². The van der Waals surface area contributed by atoms with Crippen LogP contribution in [0.4, 0.5) is 5.82 Å². The van der Waals surface area contributed by atoms with Crippen molar-refractivity contribution in [3.63, 3.8) is 0 Å². The number of nitrogens with one attached hydrogen (secondary N) is 2. The van der Waals surface area contributed by atoms with Crippen molar-refractivity contribution in [3.8, 4) is 12.3 Å². The van der Waals surface area contributed by atoms with E-state index in [9.17, 15) is 4.79 Å². The third-order valence-electron chi connectivity index (χ3n) is 1.85. The van der Waals surface area contributed by atoms with Crippen LogP contribution in [0.2, 0.25) is 0 Å². The van der Waals surface area contributed by atoms with Crippen LogP contribution in [0.1, 0.15) is 24.3 Å². The van der Waals surface area contributed by atoms with E-state index < -0.39 is 0 Å². The molecule has 0 aliphatic carbocycles. The van der Waals surface area contributed by atoms with Crippen LogP contribution in [0.25, 0.3) is 0 Å². The number of carbonyl (C=O) groups is 1. The first-order valence-electron chi connectivity index (χ1n) is 5.02. The van der Waals surface area contributed by atoms with E-state index in [2.05, 4.69) is 26.8 Å². The molecule has 1 atom stereocenters. The molecular formula is C11H14N4O. The molecule has 0 saturated carbocycles. The minimum absolute atomic E-state index is 0.121. The summed E-state index contributed by atoms with van der Waals surface area (Å²) in [4.78, 5) is 11.4. The lowest BCUT2D eigenvalue weighted by molar-refractivity contribution is 0.0950. The predicted molar refractivity (Wildman–Crippen MR) is 62.0 cm³/mol. The predicted octanol–water partition coefficient (Wildman–Crippen LogP) is 0.660. The highest BCUT2D eigenvalue weighted by Crippen LogP contribution is 2.03. The molecule has 16 heavy (non-hydrogen) atoms. The van der Waals surface area contributed by atoms with Gasteiger partial charge in [-0.25, -0.2) is 0 Å². The standard InChI is InChI=1S/C11H14N4O/c1-4-8(3)13-10-7-6-9(14-15-10)11(16)12-5-2/h1,6-8H,5H2,2-3H3,(H,12,16)(H,13,15). The van der Waals surface area contributed by atoms with Crippen LogP contribution in [0, 0.1) is 12.3 Å². The number of aromatic nitrogens is 2. The molecule has 1 heterocycles. The summed E-state index contributed by atoms with van der Waals surface area (Å²) < 4.78 is 0. The second kappa shape index (κ2) is 5.71. The Kier molecular flexibility index (Phi) is 4.28. The first kappa shape index (κ1) is 12.0. The molecule has 0 aromatic carbocycles. The lowest BCUT2D eigenvalue weighted by Gasteiger charge is -2.07. The monoisotopic (exact) mass is 218 g/mol. The lowest BCUT2D eigenvalue weighted by atomic mass is 10.3. The minimum Gasteiger partial charge on any atom is -0.355 e. The number of anilines is 1. The van der Waals surface area contributed by atoms with Crippen molar-refractivity contribution in [1.29, 1.82) is 0 Å². The lowest BCUT2D eigenvalue weighted by Crippen LogP contribution is -2.24. The Morgan fingerprint density at radius 2 is 2.31 bits per heavy atom. The quantitative estimate of drug-likeness (QED) is 0.728. The molecule has 1 amide bonds. The van der Waals surface area contributed by atoms with Crippen molar-refractivity contribution >= 4 is 11.7 Å². The Hall–Kier alpha value is -2.09. The Bertz CT molecular complexity index is 393. The van der Waals surface area contributed by atoms with E-state index in [4.69, 9.17) is 6.42 Å². The fourth-order valence-electron chi connectivity index (χ4n) is 1.04. The van der Waals surface area contributed by atoms with Gasteiger partial charge in [0.2, 0.25) is 0 Å². The number of rotatable bonds is 4. The van der Waals surface area contributed by atoms with E-state index in [-0.39, 0.29) is 11.9 Å². The number of hydrogen-bond donors (Lipinski definition) is 2. The zero-order chi connectivity index (χ0) is 12.0. The topological polar surface area (TPSA) is 66.9 Å². The average Bonchev–Trinajstić information content (AvgIpc) is 2.30. The van der Waals surface area contributed by atoms with E-state index in [1.807, 2.05) is 13.8 Å². The van der Waals surface area contributed by atoms with Gasteiger partial charge in [0.05, 0.1) is 6.04 Å². The van der Waals surface area contributed by atoms with Crippen LogP contribution in [-0.4, -0.2) is 28.7 Å². The maximum absolute atomic E-state index is 11.4. The van der Waals surface area contributed by atoms with Crippen LogP contribution in [-0.2, 0) is 0 Å². The maximum atomic E-state index is 11.4. The molecule has 2 N–H and O–H groups in total. The van der Waals surface area contributed by atoms with Crippen molar-refractivity contribution in [3.05, 3.63) is 17.8 Å². The number of hydrogen-bond acceptors (Lipinski definition) is 4. The van der Waals surface area contributed by atoms with E-state index in [0.29, 0.717) is 18.1 Å². The van der Waals surface area contributed by atoms with Gasteiger partial charge in [0, 0.05) is 6.54 Å². The summed E-state index contributed by atoms with van der Waals surface area (Å²) in [6.07, 6.45) is 5.21. The third kappa shape index (κ3) is 3.24. The molecule has 0 fully saturated rings. The SMILES string of the molecule is C#CC(C)Nc1ccc(C(=O)NCC)nn1. The first-order chi connectivity index (χ1) is 7.67. The highest BCUT2D eigenvalue weighted by atomic mass is 16.1. The Labute approximate surface area is 94.7 Å². The molecule has 5 heteroatoms. The van der Waals surface area contributed by atoms with Crippen molar-refractivity contribution < 1.29 is 4.79 Å². The van der Waals surface area contributed by atoms with Crippen molar-refractivity contribution in [2.45, 2.75) is 19.9 Å². The number of amides is 1. The smallest absolute Gasteiger partial charge is 0.271 e. The summed E-state index contributed by atoms with van der Waals surface area (Å²) in [6, 6.07) is 3.15. The fraction of sp³-hybridized carbons (Fsp3) is 0.364.